The van der Waals surface area contributed by atoms with Crippen LogP contribution in [0.2, 0.25) is 0 Å². The van der Waals surface area contributed by atoms with E-state index in [2.05, 4.69) is 19.2 Å². The summed E-state index contributed by atoms with van der Waals surface area (Å²) in [5, 5.41) is 3.10. The zero-order valence-corrected chi connectivity index (χ0v) is 10.8. The summed E-state index contributed by atoms with van der Waals surface area (Å²) < 4.78 is 0. The molecule has 1 saturated carbocycles. The van der Waals surface area contributed by atoms with Crippen LogP contribution in [0.5, 0.6) is 0 Å². The average molecular weight is 232 g/mol. The standard InChI is InChI=1S/C12H22ClNO/c1-4-12(3,9-13)14-10(15)11(2)7-5-6-8-11/h4-9H2,1-3H3,(H,14,15). The van der Waals surface area contributed by atoms with Gasteiger partial charge in [0.15, 0.2) is 0 Å². The molecular formula is C12H22ClNO. The van der Waals surface area contributed by atoms with Gasteiger partial charge in [-0.3, -0.25) is 4.79 Å². The predicted molar refractivity (Wildman–Crippen MR) is 64.1 cm³/mol. The predicted octanol–water partition coefficient (Wildman–Crippen LogP) is 3.09. The number of hydrogen-bond acceptors (Lipinski definition) is 1. The van der Waals surface area contributed by atoms with E-state index in [4.69, 9.17) is 11.6 Å². The molecule has 1 N–H and O–H groups in total. The molecule has 88 valence electrons. The van der Waals surface area contributed by atoms with Gasteiger partial charge in [-0.05, 0) is 26.2 Å². The van der Waals surface area contributed by atoms with E-state index in [1.165, 1.54) is 12.8 Å². The molecule has 0 aromatic heterocycles. The van der Waals surface area contributed by atoms with Crippen LogP contribution < -0.4 is 5.32 Å². The van der Waals surface area contributed by atoms with Crippen molar-refractivity contribution in [1.82, 2.24) is 5.32 Å². The van der Waals surface area contributed by atoms with Crippen LogP contribution in [-0.4, -0.2) is 17.3 Å². The lowest BCUT2D eigenvalue weighted by Gasteiger charge is -2.32. The van der Waals surface area contributed by atoms with Gasteiger partial charge in [0.2, 0.25) is 5.91 Å². The number of rotatable bonds is 4. The van der Waals surface area contributed by atoms with Crippen molar-refractivity contribution >= 4 is 17.5 Å². The van der Waals surface area contributed by atoms with E-state index < -0.39 is 0 Å². The van der Waals surface area contributed by atoms with E-state index in [9.17, 15) is 4.79 Å². The lowest BCUT2D eigenvalue weighted by atomic mass is 9.86. The van der Waals surface area contributed by atoms with Crippen LogP contribution in [0.15, 0.2) is 0 Å². The smallest absolute Gasteiger partial charge is 0.226 e. The topological polar surface area (TPSA) is 29.1 Å². The summed E-state index contributed by atoms with van der Waals surface area (Å²) in [6.07, 6.45) is 5.25. The van der Waals surface area contributed by atoms with E-state index in [0.717, 1.165) is 19.3 Å². The molecule has 1 rings (SSSR count). The summed E-state index contributed by atoms with van der Waals surface area (Å²) in [5.41, 5.74) is -0.396. The van der Waals surface area contributed by atoms with Crippen molar-refractivity contribution in [3.05, 3.63) is 0 Å². The first-order valence-electron chi connectivity index (χ1n) is 5.84. The summed E-state index contributed by atoms with van der Waals surface area (Å²) >= 11 is 5.89. The van der Waals surface area contributed by atoms with Gasteiger partial charge in [-0.25, -0.2) is 0 Å². The third-order valence-electron chi connectivity index (χ3n) is 3.75. The van der Waals surface area contributed by atoms with Gasteiger partial charge < -0.3 is 5.32 Å². The second-order valence-electron chi connectivity index (χ2n) is 5.27. The number of alkyl halides is 1. The molecule has 2 nitrogen and oxygen atoms in total. The first-order valence-corrected chi connectivity index (χ1v) is 6.38. The highest BCUT2D eigenvalue weighted by Crippen LogP contribution is 2.38. The molecule has 1 amide bonds. The lowest BCUT2D eigenvalue weighted by Crippen LogP contribution is -2.51. The van der Waals surface area contributed by atoms with Gasteiger partial charge in [0, 0.05) is 11.3 Å². The fourth-order valence-electron chi connectivity index (χ4n) is 2.02. The zero-order valence-electron chi connectivity index (χ0n) is 10.0. The minimum Gasteiger partial charge on any atom is -0.349 e. The summed E-state index contributed by atoms with van der Waals surface area (Å²) in [6.45, 7) is 6.13. The summed E-state index contributed by atoms with van der Waals surface area (Å²) in [4.78, 5) is 12.1. The number of carbonyl (C=O) groups excluding carboxylic acids is 1. The molecule has 3 heteroatoms. The molecule has 0 aromatic carbocycles. The summed E-state index contributed by atoms with van der Waals surface area (Å²) in [5.74, 6) is 0.663. The van der Waals surface area contributed by atoms with Crippen molar-refractivity contribution in [3.8, 4) is 0 Å². The van der Waals surface area contributed by atoms with Gasteiger partial charge in [0.05, 0.1) is 5.54 Å². The Hall–Kier alpha value is -0.240. The number of nitrogens with one attached hydrogen (secondary N) is 1. The van der Waals surface area contributed by atoms with Gasteiger partial charge in [-0.1, -0.05) is 26.7 Å². The third-order valence-corrected chi connectivity index (χ3v) is 4.34. The molecule has 15 heavy (non-hydrogen) atoms. The fraction of sp³-hybridized carbons (Fsp3) is 0.917. The minimum atomic E-state index is -0.246. The molecule has 0 aromatic rings. The van der Waals surface area contributed by atoms with Crippen LogP contribution in [0.4, 0.5) is 0 Å². The van der Waals surface area contributed by atoms with Gasteiger partial charge in [0.1, 0.15) is 0 Å². The van der Waals surface area contributed by atoms with Crippen LogP contribution in [-0.2, 0) is 4.79 Å². The second kappa shape index (κ2) is 4.73. The molecular weight excluding hydrogens is 210 g/mol. The Balaban J connectivity index is 2.61. The normalized spacial score (nSPS) is 23.5. The van der Waals surface area contributed by atoms with Crippen molar-refractivity contribution in [1.29, 1.82) is 0 Å². The van der Waals surface area contributed by atoms with Crippen molar-refractivity contribution in [2.45, 2.75) is 58.4 Å². The third kappa shape index (κ3) is 2.87. The maximum absolute atomic E-state index is 12.1. The van der Waals surface area contributed by atoms with E-state index >= 15 is 0 Å². The van der Waals surface area contributed by atoms with Gasteiger partial charge in [0.25, 0.3) is 0 Å². The average Bonchev–Trinajstić information content (AvgIpc) is 2.66. The Kier molecular flexibility index (Phi) is 4.05. The number of carbonyl (C=O) groups is 1. The summed E-state index contributed by atoms with van der Waals surface area (Å²) in [7, 11) is 0. The van der Waals surface area contributed by atoms with Crippen LogP contribution in [0, 0.1) is 5.41 Å². The molecule has 0 spiro atoms. The Morgan fingerprint density at radius 1 is 1.47 bits per heavy atom. The number of halogens is 1. The highest BCUT2D eigenvalue weighted by molar-refractivity contribution is 6.18. The highest BCUT2D eigenvalue weighted by atomic mass is 35.5. The first kappa shape index (κ1) is 12.8. The molecule has 1 aliphatic carbocycles. The SMILES string of the molecule is CCC(C)(CCl)NC(=O)C1(C)CCCC1. The second-order valence-corrected chi connectivity index (χ2v) is 5.54. The monoisotopic (exact) mass is 231 g/mol. The molecule has 0 aliphatic heterocycles. The molecule has 0 heterocycles. The molecule has 0 saturated heterocycles. The molecule has 1 fully saturated rings. The molecule has 1 aliphatic rings. The van der Waals surface area contributed by atoms with Gasteiger partial charge in [-0.2, -0.15) is 0 Å². The maximum Gasteiger partial charge on any atom is 0.226 e. The summed E-state index contributed by atoms with van der Waals surface area (Å²) in [6, 6.07) is 0. The molecule has 1 unspecified atom stereocenters. The van der Waals surface area contributed by atoms with Crippen molar-refractivity contribution in [2.24, 2.45) is 5.41 Å². The molecule has 1 atom stereocenters. The Morgan fingerprint density at radius 2 is 2.00 bits per heavy atom. The van der Waals surface area contributed by atoms with Gasteiger partial charge >= 0.3 is 0 Å². The Morgan fingerprint density at radius 3 is 2.40 bits per heavy atom. The molecule has 0 bridgehead atoms. The number of amides is 1. The van der Waals surface area contributed by atoms with Crippen molar-refractivity contribution in [3.63, 3.8) is 0 Å². The fourth-order valence-corrected chi connectivity index (χ4v) is 2.28. The Bertz CT molecular complexity index is 230. The zero-order chi connectivity index (χ0) is 11.5. The largest absolute Gasteiger partial charge is 0.349 e. The van der Waals surface area contributed by atoms with Crippen LogP contribution in [0.3, 0.4) is 0 Å². The quantitative estimate of drug-likeness (QED) is 0.741. The van der Waals surface area contributed by atoms with Crippen LogP contribution >= 0.6 is 11.6 Å². The Labute approximate surface area is 97.8 Å². The van der Waals surface area contributed by atoms with E-state index in [1.54, 1.807) is 0 Å². The van der Waals surface area contributed by atoms with Crippen molar-refractivity contribution in [2.75, 3.05) is 5.88 Å². The van der Waals surface area contributed by atoms with Crippen LogP contribution in [0.1, 0.15) is 52.9 Å². The maximum atomic E-state index is 12.1. The van der Waals surface area contributed by atoms with E-state index in [-0.39, 0.29) is 16.9 Å². The van der Waals surface area contributed by atoms with E-state index in [0.29, 0.717) is 5.88 Å². The number of hydrogen-bond donors (Lipinski definition) is 1. The van der Waals surface area contributed by atoms with E-state index in [1.807, 2.05) is 6.92 Å². The first-order chi connectivity index (χ1) is 6.96. The van der Waals surface area contributed by atoms with Crippen LogP contribution in [0.25, 0.3) is 0 Å². The minimum absolute atomic E-state index is 0.150. The van der Waals surface area contributed by atoms with Crippen molar-refractivity contribution < 1.29 is 4.79 Å². The lowest BCUT2D eigenvalue weighted by molar-refractivity contribution is -0.131. The molecule has 0 radical (unpaired) electrons. The highest BCUT2D eigenvalue weighted by Gasteiger charge is 2.38. The van der Waals surface area contributed by atoms with Gasteiger partial charge in [-0.15, -0.1) is 11.6 Å².